The summed E-state index contributed by atoms with van der Waals surface area (Å²) in [5.74, 6) is 3.24. The first kappa shape index (κ1) is 21.2. The van der Waals surface area contributed by atoms with Crippen LogP contribution in [0.1, 0.15) is 23.9 Å². The van der Waals surface area contributed by atoms with Gasteiger partial charge in [0.25, 0.3) is 0 Å². The van der Waals surface area contributed by atoms with Crippen LogP contribution in [-0.4, -0.2) is 42.2 Å². The van der Waals surface area contributed by atoms with E-state index in [0.29, 0.717) is 5.92 Å². The van der Waals surface area contributed by atoms with Crippen molar-refractivity contribution in [3.8, 4) is 5.75 Å². The number of aromatic nitrogens is 2. The molecule has 0 aliphatic heterocycles. The molecule has 0 aliphatic carbocycles. The Hall–Kier alpha value is -2.15. The van der Waals surface area contributed by atoms with E-state index in [0.717, 1.165) is 36.2 Å². The Morgan fingerprint density at radius 1 is 1.30 bits per heavy atom. The van der Waals surface area contributed by atoms with E-state index in [9.17, 15) is 0 Å². The van der Waals surface area contributed by atoms with Crippen LogP contribution in [0.25, 0.3) is 0 Å². The van der Waals surface area contributed by atoms with Crippen LogP contribution in [0.15, 0.2) is 34.2 Å². The number of para-hydroxylation sites is 1. The lowest BCUT2D eigenvalue weighted by atomic mass is 10.2. The third kappa shape index (κ3) is 5.92. The molecule has 0 radical (unpaired) electrons. The third-order valence-corrected chi connectivity index (χ3v) is 5.91. The van der Waals surface area contributed by atoms with Gasteiger partial charge in [0.1, 0.15) is 5.75 Å². The first-order valence-corrected chi connectivity index (χ1v) is 10.1. The summed E-state index contributed by atoms with van der Waals surface area (Å²) in [6.45, 7) is 7.93. The minimum absolute atomic E-state index is 0.486. The molecule has 2 N–H and O–H groups in total. The molecule has 0 amide bonds. The van der Waals surface area contributed by atoms with Crippen LogP contribution in [0.3, 0.4) is 0 Å². The molecule has 0 fully saturated rings. The maximum atomic E-state index is 5.42. The van der Waals surface area contributed by atoms with Crippen LogP contribution in [0.4, 0.5) is 0 Å². The topological polar surface area (TPSA) is 63.5 Å². The van der Waals surface area contributed by atoms with Gasteiger partial charge in [0.2, 0.25) is 0 Å². The molecule has 1 aromatic heterocycles. The number of hydrogen-bond acceptors (Lipinski definition) is 4. The number of guanidine groups is 1. The molecule has 2 rings (SSSR count). The van der Waals surface area contributed by atoms with Crippen LogP contribution in [0.2, 0.25) is 0 Å². The lowest BCUT2D eigenvalue weighted by Gasteiger charge is -2.16. The number of aliphatic imine (C=N–C) groups is 1. The third-order valence-electron chi connectivity index (χ3n) is 4.53. The van der Waals surface area contributed by atoms with Crippen LogP contribution in [0.5, 0.6) is 5.75 Å². The Balaban J connectivity index is 1.79. The number of methoxy groups -OCH3 is 1. The lowest BCUT2D eigenvalue weighted by molar-refractivity contribution is 0.405. The van der Waals surface area contributed by atoms with Crippen molar-refractivity contribution < 1.29 is 4.74 Å². The molecular formula is C20H31N5OS. The number of aryl methyl sites for hydroxylation is 2. The summed E-state index contributed by atoms with van der Waals surface area (Å²) in [5.41, 5.74) is 3.46. The average Bonchev–Trinajstić information content (AvgIpc) is 2.92. The van der Waals surface area contributed by atoms with Crippen molar-refractivity contribution in [3.05, 3.63) is 41.2 Å². The van der Waals surface area contributed by atoms with E-state index in [2.05, 4.69) is 40.6 Å². The summed E-state index contributed by atoms with van der Waals surface area (Å²) in [4.78, 5) is 5.50. The first-order chi connectivity index (χ1) is 13.0. The van der Waals surface area contributed by atoms with E-state index in [1.165, 1.54) is 16.2 Å². The minimum Gasteiger partial charge on any atom is -0.496 e. The van der Waals surface area contributed by atoms with Crippen molar-refractivity contribution in [3.63, 3.8) is 0 Å². The molecular weight excluding hydrogens is 358 g/mol. The molecule has 0 saturated carbocycles. The number of rotatable bonds is 8. The molecule has 1 unspecified atom stereocenters. The molecule has 0 bridgehead atoms. The zero-order valence-electron chi connectivity index (χ0n) is 17.2. The fourth-order valence-electron chi connectivity index (χ4n) is 2.77. The molecule has 2 aromatic rings. The van der Waals surface area contributed by atoms with E-state index < -0.39 is 0 Å². The number of benzene rings is 1. The maximum Gasteiger partial charge on any atom is 0.191 e. The molecule has 0 saturated heterocycles. The number of hydrogen-bond donors (Lipinski definition) is 2. The van der Waals surface area contributed by atoms with Gasteiger partial charge in [0, 0.05) is 49.1 Å². The van der Waals surface area contributed by atoms with Gasteiger partial charge in [-0.15, -0.1) is 11.8 Å². The summed E-state index contributed by atoms with van der Waals surface area (Å²) < 4.78 is 7.33. The summed E-state index contributed by atoms with van der Waals surface area (Å²) in [5, 5.41) is 11.3. The highest BCUT2D eigenvalue weighted by molar-refractivity contribution is 7.99. The second-order valence-electron chi connectivity index (χ2n) is 6.65. The Labute approximate surface area is 166 Å². The smallest absolute Gasteiger partial charge is 0.191 e. The standard InChI is InChI=1S/C20H31N5OS/c1-14(13-27-19-10-8-7-9-18(19)26-6)11-22-20(21-4)23-12-17-15(2)24-25(5)16(17)3/h7-10,14H,11-13H2,1-6H3,(H2,21,22,23). The molecule has 1 heterocycles. The predicted molar refractivity (Wildman–Crippen MR) is 114 cm³/mol. The highest BCUT2D eigenvalue weighted by Crippen LogP contribution is 2.29. The van der Waals surface area contributed by atoms with Gasteiger partial charge in [0.05, 0.1) is 12.8 Å². The van der Waals surface area contributed by atoms with E-state index in [4.69, 9.17) is 4.74 Å². The van der Waals surface area contributed by atoms with Crippen LogP contribution >= 0.6 is 11.8 Å². The molecule has 6 nitrogen and oxygen atoms in total. The Morgan fingerprint density at radius 2 is 2.04 bits per heavy atom. The maximum absolute atomic E-state index is 5.42. The van der Waals surface area contributed by atoms with E-state index in [1.807, 2.05) is 48.6 Å². The second-order valence-corrected chi connectivity index (χ2v) is 7.71. The molecule has 148 valence electrons. The van der Waals surface area contributed by atoms with Gasteiger partial charge in [-0.25, -0.2) is 0 Å². The molecule has 7 heteroatoms. The fourth-order valence-corrected chi connectivity index (χ4v) is 3.82. The molecule has 0 spiro atoms. The van der Waals surface area contributed by atoms with Crippen molar-refractivity contribution >= 4 is 17.7 Å². The normalized spacial score (nSPS) is 12.7. The summed E-state index contributed by atoms with van der Waals surface area (Å²) in [6, 6.07) is 8.14. The summed E-state index contributed by atoms with van der Waals surface area (Å²) in [6.07, 6.45) is 0. The van der Waals surface area contributed by atoms with Crippen molar-refractivity contribution in [2.45, 2.75) is 32.2 Å². The zero-order chi connectivity index (χ0) is 19.8. The van der Waals surface area contributed by atoms with Gasteiger partial charge in [-0.1, -0.05) is 19.1 Å². The van der Waals surface area contributed by atoms with Gasteiger partial charge in [-0.05, 0) is 31.9 Å². The van der Waals surface area contributed by atoms with Crippen molar-refractivity contribution in [1.29, 1.82) is 0 Å². The van der Waals surface area contributed by atoms with Gasteiger partial charge >= 0.3 is 0 Å². The minimum atomic E-state index is 0.486. The second kappa shape index (κ2) is 10.3. The van der Waals surface area contributed by atoms with Crippen molar-refractivity contribution in [2.75, 3.05) is 26.5 Å². The zero-order valence-corrected chi connectivity index (χ0v) is 18.0. The van der Waals surface area contributed by atoms with Gasteiger partial charge in [-0.3, -0.25) is 9.67 Å². The highest BCUT2D eigenvalue weighted by Gasteiger charge is 2.11. The van der Waals surface area contributed by atoms with Crippen molar-refractivity contribution in [1.82, 2.24) is 20.4 Å². The monoisotopic (exact) mass is 389 g/mol. The van der Waals surface area contributed by atoms with Crippen LogP contribution < -0.4 is 15.4 Å². The number of nitrogens with zero attached hydrogens (tertiary/aromatic N) is 3. The molecule has 1 atom stereocenters. The quantitative estimate of drug-likeness (QED) is 0.413. The van der Waals surface area contributed by atoms with E-state index in [-0.39, 0.29) is 0 Å². The Morgan fingerprint density at radius 3 is 2.67 bits per heavy atom. The summed E-state index contributed by atoms with van der Waals surface area (Å²) >= 11 is 1.82. The van der Waals surface area contributed by atoms with Gasteiger partial charge in [-0.2, -0.15) is 5.10 Å². The Kier molecular flexibility index (Phi) is 8.03. The van der Waals surface area contributed by atoms with Gasteiger partial charge in [0.15, 0.2) is 5.96 Å². The number of thioether (sulfide) groups is 1. The van der Waals surface area contributed by atoms with Crippen LogP contribution in [-0.2, 0) is 13.6 Å². The van der Waals surface area contributed by atoms with Gasteiger partial charge < -0.3 is 15.4 Å². The SMILES string of the molecule is CN=C(NCc1c(C)nn(C)c1C)NCC(C)CSc1ccccc1OC. The van der Waals surface area contributed by atoms with Crippen molar-refractivity contribution in [2.24, 2.45) is 18.0 Å². The predicted octanol–water partition coefficient (Wildman–Crippen LogP) is 3.14. The first-order valence-electron chi connectivity index (χ1n) is 9.15. The van der Waals surface area contributed by atoms with E-state index in [1.54, 1.807) is 14.2 Å². The fraction of sp³-hybridized carbons (Fsp3) is 0.500. The number of nitrogens with one attached hydrogen (secondary N) is 2. The lowest BCUT2D eigenvalue weighted by Crippen LogP contribution is -2.39. The number of ether oxygens (including phenoxy) is 1. The summed E-state index contributed by atoms with van der Waals surface area (Å²) in [7, 11) is 5.48. The van der Waals surface area contributed by atoms with E-state index >= 15 is 0 Å². The van der Waals surface area contributed by atoms with Crippen LogP contribution in [0, 0.1) is 19.8 Å². The Bertz CT molecular complexity index is 772. The molecule has 1 aromatic carbocycles. The molecule has 27 heavy (non-hydrogen) atoms. The molecule has 0 aliphatic rings. The average molecular weight is 390 g/mol. The highest BCUT2D eigenvalue weighted by atomic mass is 32.2. The largest absolute Gasteiger partial charge is 0.496 e.